The number of nitrogens with one attached hydrogen (secondary N) is 1. The number of aryl methyl sites for hydroxylation is 1. The van der Waals surface area contributed by atoms with E-state index >= 15 is 0 Å². The topological polar surface area (TPSA) is 42.1 Å². The maximum atomic E-state index is 13.3. The van der Waals surface area contributed by atoms with Crippen LogP contribution in [0.15, 0.2) is 54.7 Å². The number of aromatic amines is 1. The molecule has 0 saturated carbocycles. The van der Waals surface area contributed by atoms with E-state index in [-0.39, 0.29) is 11.8 Å². The molecule has 3 aromatic rings. The molecule has 3 nitrogen and oxygen atoms in total. The number of halogens is 1. The van der Waals surface area contributed by atoms with Gasteiger partial charge in [-0.3, -0.25) is 0 Å². The molecule has 112 valence electrons. The largest absolute Gasteiger partial charge is 0.462 e. The van der Waals surface area contributed by atoms with Crippen LogP contribution in [0.2, 0.25) is 0 Å². The van der Waals surface area contributed by atoms with Crippen molar-refractivity contribution in [3.63, 3.8) is 0 Å². The summed E-state index contributed by atoms with van der Waals surface area (Å²) < 4.78 is 18.5. The highest BCUT2D eigenvalue weighted by atomic mass is 19.1. The Labute approximate surface area is 127 Å². The second-order valence-corrected chi connectivity index (χ2v) is 5.11. The molecule has 0 saturated heterocycles. The highest BCUT2D eigenvalue weighted by Crippen LogP contribution is 2.20. The summed E-state index contributed by atoms with van der Waals surface area (Å²) in [4.78, 5) is 14.9. The summed E-state index contributed by atoms with van der Waals surface area (Å²) in [7, 11) is 0. The molecule has 0 bridgehead atoms. The Hall–Kier alpha value is -2.62. The number of carbonyl (C=O) groups excluding carboxylic acids is 1. The van der Waals surface area contributed by atoms with Crippen LogP contribution in [0.5, 0.6) is 0 Å². The smallest absolute Gasteiger partial charge is 0.338 e. The van der Waals surface area contributed by atoms with Crippen molar-refractivity contribution in [3.8, 4) is 0 Å². The maximum Gasteiger partial charge on any atom is 0.338 e. The van der Waals surface area contributed by atoms with Gasteiger partial charge in [0.05, 0.1) is 12.2 Å². The van der Waals surface area contributed by atoms with Crippen molar-refractivity contribution in [3.05, 3.63) is 71.7 Å². The third-order valence-corrected chi connectivity index (χ3v) is 3.56. The van der Waals surface area contributed by atoms with Gasteiger partial charge < -0.3 is 9.72 Å². The first-order valence-electron chi connectivity index (χ1n) is 7.22. The number of carbonyl (C=O) groups is 1. The molecular formula is C18H16FNO2. The van der Waals surface area contributed by atoms with Crippen LogP contribution >= 0.6 is 0 Å². The summed E-state index contributed by atoms with van der Waals surface area (Å²) in [6.45, 7) is 0.343. The Bertz CT molecular complexity index is 780. The van der Waals surface area contributed by atoms with Crippen LogP contribution in [0.3, 0.4) is 0 Å². The predicted octanol–water partition coefficient (Wildman–Crippen LogP) is 4.10. The molecule has 1 aromatic heterocycles. The quantitative estimate of drug-likeness (QED) is 0.569. The Morgan fingerprint density at radius 2 is 1.95 bits per heavy atom. The van der Waals surface area contributed by atoms with Crippen LogP contribution < -0.4 is 0 Å². The molecular weight excluding hydrogens is 281 g/mol. The molecule has 0 spiro atoms. The van der Waals surface area contributed by atoms with Crippen LogP contribution in [0, 0.1) is 5.82 Å². The fourth-order valence-corrected chi connectivity index (χ4v) is 2.44. The number of esters is 1. The van der Waals surface area contributed by atoms with Crippen molar-refractivity contribution in [2.24, 2.45) is 0 Å². The molecule has 1 heterocycles. The van der Waals surface area contributed by atoms with Gasteiger partial charge in [-0.1, -0.05) is 18.2 Å². The third kappa shape index (κ3) is 3.17. The Morgan fingerprint density at radius 1 is 1.14 bits per heavy atom. The Balaban J connectivity index is 1.54. The zero-order valence-electron chi connectivity index (χ0n) is 12.0. The molecule has 0 aliphatic rings. The summed E-state index contributed by atoms with van der Waals surface area (Å²) >= 11 is 0. The van der Waals surface area contributed by atoms with Crippen LogP contribution in [0.1, 0.15) is 22.3 Å². The number of fused-ring (bicyclic) bond motifs is 1. The van der Waals surface area contributed by atoms with Crippen molar-refractivity contribution in [1.82, 2.24) is 4.98 Å². The SMILES string of the molecule is O=C(OCCCc1c[nH]c2ccc(F)cc12)c1ccccc1. The lowest BCUT2D eigenvalue weighted by molar-refractivity contribution is 0.0500. The van der Waals surface area contributed by atoms with Crippen LogP contribution in [0.4, 0.5) is 4.39 Å². The first-order chi connectivity index (χ1) is 10.7. The van der Waals surface area contributed by atoms with Gasteiger partial charge in [-0.25, -0.2) is 9.18 Å². The molecule has 0 amide bonds. The van der Waals surface area contributed by atoms with Gasteiger partial charge in [0.25, 0.3) is 0 Å². The van der Waals surface area contributed by atoms with E-state index in [2.05, 4.69) is 4.98 Å². The minimum Gasteiger partial charge on any atom is -0.462 e. The average Bonchev–Trinajstić information content (AvgIpc) is 2.94. The molecule has 1 N–H and O–H groups in total. The summed E-state index contributed by atoms with van der Waals surface area (Å²) in [5.74, 6) is -0.561. The average molecular weight is 297 g/mol. The highest BCUT2D eigenvalue weighted by Gasteiger charge is 2.07. The number of hydrogen-bond donors (Lipinski definition) is 1. The lowest BCUT2D eigenvalue weighted by Gasteiger charge is -2.04. The minimum atomic E-state index is -0.314. The second kappa shape index (κ2) is 6.43. The van der Waals surface area contributed by atoms with Gasteiger partial charge in [0.15, 0.2) is 0 Å². The number of ether oxygens (including phenoxy) is 1. The summed E-state index contributed by atoms with van der Waals surface area (Å²) in [5.41, 5.74) is 2.50. The van der Waals surface area contributed by atoms with E-state index in [0.29, 0.717) is 18.6 Å². The van der Waals surface area contributed by atoms with Gasteiger partial charge >= 0.3 is 5.97 Å². The number of benzene rings is 2. The van der Waals surface area contributed by atoms with E-state index in [1.165, 1.54) is 12.1 Å². The summed E-state index contributed by atoms with van der Waals surface area (Å²) in [6, 6.07) is 13.6. The van der Waals surface area contributed by atoms with E-state index < -0.39 is 0 Å². The minimum absolute atomic E-state index is 0.246. The van der Waals surface area contributed by atoms with E-state index in [1.807, 2.05) is 12.3 Å². The zero-order chi connectivity index (χ0) is 15.4. The molecule has 0 aliphatic heterocycles. The van der Waals surface area contributed by atoms with Crippen molar-refractivity contribution in [2.75, 3.05) is 6.61 Å². The fraction of sp³-hybridized carbons (Fsp3) is 0.167. The maximum absolute atomic E-state index is 13.3. The predicted molar refractivity (Wildman–Crippen MR) is 83.3 cm³/mol. The van der Waals surface area contributed by atoms with E-state index in [0.717, 1.165) is 22.9 Å². The van der Waals surface area contributed by atoms with Crippen molar-refractivity contribution in [2.45, 2.75) is 12.8 Å². The van der Waals surface area contributed by atoms with Crippen LogP contribution in [-0.4, -0.2) is 17.6 Å². The number of hydrogen-bond acceptors (Lipinski definition) is 2. The molecule has 0 unspecified atom stereocenters. The van der Waals surface area contributed by atoms with Gasteiger partial charge in [0.1, 0.15) is 5.82 Å². The lowest BCUT2D eigenvalue weighted by atomic mass is 10.1. The number of H-pyrrole nitrogens is 1. The van der Waals surface area contributed by atoms with E-state index in [9.17, 15) is 9.18 Å². The molecule has 0 fully saturated rings. The second-order valence-electron chi connectivity index (χ2n) is 5.11. The molecule has 0 radical (unpaired) electrons. The van der Waals surface area contributed by atoms with E-state index in [1.54, 1.807) is 30.3 Å². The summed E-state index contributed by atoms with van der Waals surface area (Å²) in [6.07, 6.45) is 3.30. The highest BCUT2D eigenvalue weighted by molar-refractivity contribution is 5.89. The molecule has 22 heavy (non-hydrogen) atoms. The van der Waals surface area contributed by atoms with Crippen molar-refractivity contribution < 1.29 is 13.9 Å². The standard InChI is InChI=1S/C18H16FNO2/c19-15-8-9-17-16(11-15)14(12-20-17)7-4-10-22-18(21)13-5-2-1-3-6-13/h1-3,5-6,8-9,11-12,20H,4,7,10H2. The monoisotopic (exact) mass is 297 g/mol. The lowest BCUT2D eigenvalue weighted by Crippen LogP contribution is -2.06. The fourth-order valence-electron chi connectivity index (χ4n) is 2.44. The molecule has 0 atom stereocenters. The molecule has 0 aliphatic carbocycles. The van der Waals surface area contributed by atoms with Gasteiger partial charge in [-0.15, -0.1) is 0 Å². The van der Waals surface area contributed by atoms with Gasteiger partial charge in [0.2, 0.25) is 0 Å². The van der Waals surface area contributed by atoms with E-state index in [4.69, 9.17) is 4.74 Å². The van der Waals surface area contributed by atoms with Crippen molar-refractivity contribution >= 4 is 16.9 Å². The van der Waals surface area contributed by atoms with Gasteiger partial charge in [0, 0.05) is 17.1 Å². The van der Waals surface area contributed by atoms with Crippen LogP contribution in [-0.2, 0) is 11.2 Å². The summed E-state index contributed by atoms with van der Waals surface area (Å²) in [5, 5.41) is 0.884. The van der Waals surface area contributed by atoms with Gasteiger partial charge in [-0.2, -0.15) is 0 Å². The zero-order valence-corrected chi connectivity index (χ0v) is 12.0. The number of aromatic nitrogens is 1. The molecule has 2 aromatic carbocycles. The van der Waals surface area contributed by atoms with Gasteiger partial charge in [-0.05, 0) is 48.7 Å². The third-order valence-electron chi connectivity index (χ3n) is 3.56. The first kappa shape index (κ1) is 14.3. The van der Waals surface area contributed by atoms with Crippen LogP contribution in [0.25, 0.3) is 10.9 Å². The first-order valence-corrected chi connectivity index (χ1v) is 7.22. The normalized spacial score (nSPS) is 10.8. The molecule has 3 rings (SSSR count). The molecule has 4 heteroatoms. The van der Waals surface area contributed by atoms with Crippen molar-refractivity contribution in [1.29, 1.82) is 0 Å². The Morgan fingerprint density at radius 3 is 2.77 bits per heavy atom. The Kier molecular flexibility index (Phi) is 4.19. The number of rotatable bonds is 5.